The molecule has 0 saturated heterocycles. The van der Waals surface area contributed by atoms with Gasteiger partial charge in [-0.1, -0.05) is 23.9 Å². The largest absolute Gasteiger partial charge is 0.424 e. The molecule has 21 heavy (non-hydrogen) atoms. The molecule has 0 atom stereocenters. The number of thioether (sulfide) groups is 1. The molecule has 0 amide bonds. The number of aryl methyl sites for hydroxylation is 1. The second-order valence-corrected chi connectivity index (χ2v) is 6.17. The number of nitrogens with zero attached hydrogens (tertiary/aromatic N) is 4. The average molecular weight is 300 g/mol. The van der Waals surface area contributed by atoms with Crippen LogP contribution in [-0.4, -0.2) is 19.7 Å². The topological polar surface area (TPSA) is 56.7 Å². The van der Waals surface area contributed by atoms with E-state index in [1.54, 1.807) is 11.8 Å². The van der Waals surface area contributed by atoms with Gasteiger partial charge in [-0.15, -0.1) is 10.2 Å². The summed E-state index contributed by atoms with van der Waals surface area (Å²) < 4.78 is 7.92. The quantitative estimate of drug-likeness (QED) is 0.674. The van der Waals surface area contributed by atoms with E-state index in [9.17, 15) is 0 Å². The molecular weight excluding hydrogens is 284 g/mol. The van der Waals surface area contributed by atoms with Gasteiger partial charge in [0.1, 0.15) is 0 Å². The van der Waals surface area contributed by atoms with Crippen LogP contribution in [0, 0.1) is 0 Å². The van der Waals surface area contributed by atoms with E-state index >= 15 is 0 Å². The van der Waals surface area contributed by atoms with Crippen LogP contribution in [0.25, 0.3) is 11.0 Å². The van der Waals surface area contributed by atoms with Gasteiger partial charge in [0.15, 0.2) is 5.16 Å². The smallest absolute Gasteiger partial charge is 0.226 e. The molecule has 1 aliphatic rings. The molecule has 1 aromatic carbocycles. The zero-order chi connectivity index (χ0) is 14.2. The molecule has 6 heteroatoms. The third-order valence-corrected chi connectivity index (χ3v) is 4.63. The lowest BCUT2D eigenvalue weighted by Crippen LogP contribution is -1.96. The van der Waals surface area contributed by atoms with Crippen LogP contribution in [0.3, 0.4) is 0 Å². The van der Waals surface area contributed by atoms with Gasteiger partial charge in [-0.05, 0) is 31.9 Å². The lowest BCUT2D eigenvalue weighted by atomic mass is 10.3. The van der Waals surface area contributed by atoms with E-state index in [1.165, 1.54) is 18.4 Å². The molecule has 108 valence electrons. The molecular formula is C15H16N4OS. The summed E-state index contributed by atoms with van der Waals surface area (Å²) in [6.45, 7) is 3.04. The van der Waals surface area contributed by atoms with Gasteiger partial charge in [0.05, 0.1) is 16.8 Å². The molecule has 4 rings (SSSR count). The number of hydrogen-bond donors (Lipinski definition) is 0. The number of fused-ring (bicyclic) bond motifs is 1. The maximum Gasteiger partial charge on any atom is 0.226 e. The van der Waals surface area contributed by atoms with Crippen molar-refractivity contribution in [2.75, 3.05) is 0 Å². The summed E-state index contributed by atoms with van der Waals surface area (Å²) in [7, 11) is 0. The SMILES string of the molecule is CCn1c(SCc2nnc(C3CC3)o2)nc2ccccc21. The van der Waals surface area contributed by atoms with E-state index < -0.39 is 0 Å². The monoisotopic (exact) mass is 300 g/mol. The Hall–Kier alpha value is -1.82. The Bertz CT molecular complexity index is 775. The van der Waals surface area contributed by atoms with Crippen LogP contribution in [0.15, 0.2) is 33.8 Å². The predicted molar refractivity (Wildman–Crippen MR) is 81.2 cm³/mol. The highest BCUT2D eigenvalue weighted by molar-refractivity contribution is 7.98. The van der Waals surface area contributed by atoms with Crippen LogP contribution in [0.4, 0.5) is 0 Å². The van der Waals surface area contributed by atoms with Gasteiger partial charge < -0.3 is 8.98 Å². The van der Waals surface area contributed by atoms with Crippen molar-refractivity contribution in [2.45, 2.75) is 43.1 Å². The fraction of sp³-hybridized carbons (Fsp3) is 0.400. The van der Waals surface area contributed by atoms with Gasteiger partial charge in [-0.2, -0.15) is 0 Å². The first kappa shape index (κ1) is 12.9. The second-order valence-electron chi connectivity index (χ2n) is 5.22. The summed E-state index contributed by atoms with van der Waals surface area (Å²) in [6, 6.07) is 8.21. The number of rotatable bonds is 5. The fourth-order valence-corrected chi connectivity index (χ4v) is 3.33. The molecule has 0 spiro atoms. The predicted octanol–water partition coefficient (Wildman–Crippen LogP) is 3.61. The minimum absolute atomic E-state index is 0.511. The van der Waals surface area contributed by atoms with Crippen molar-refractivity contribution in [2.24, 2.45) is 0 Å². The van der Waals surface area contributed by atoms with Gasteiger partial charge in [0.25, 0.3) is 0 Å². The van der Waals surface area contributed by atoms with Crippen molar-refractivity contribution in [1.29, 1.82) is 0 Å². The van der Waals surface area contributed by atoms with Gasteiger partial charge in [0, 0.05) is 12.5 Å². The van der Waals surface area contributed by atoms with Crippen molar-refractivity contribution in [3.8, 4) is 0 Å². The second kappa shape index (κ2) is 5.18. The van der Waals surface area contributed by atoms with Gasteiger partial charge >= 0.3 is 0 Å². The standard InChI is InChI=1S/C15H16N4OS/c1-2-19-12-6-4-3-5-11(12)16-15(19)21-9-13-17-18-14(20-13)10-7-8-10/h3-6,10H,2,7-9H2,1H3. The minimum Gasteiger partial charge on any atom is -0.424 e. The van der Waals surface area contributed by atoms with Crippen molar-refractivity contribution in [3.05, 3.63) is 36.0 Å². The first-order chi connectivity index (χ1) is 10.3. The Morgan fingerprint density at radius 2 is 2.14 bits per heavy atom. The Morgan fingerprint density at radius 3 is 2.95 bits per heavy atom. The maximum absolute atomic E-state index is 5.70. The average Bonchev–Trinajstić information content (AvgIpc) is 3.14. The molecule has 3 aromatic rings. The highest BCUT2D eigenvalue weighted by Gasteiger charge is 2.29. The van der Waals surface area contributed by atoms with E-state index in [4.69, 9.17) is 4.42 Å². The maximum atomic E-state index is 5.70. The Balaban J connectivity index is 1.55. The Labute approximate surface area is 126 Å². The molecule has 0 radical (unpaired) electrons. The fourth-order valence-electron chi connectivity index (χ4n) is 2.42. The molecule has 1 aliphatic carbocycles. The van der Waals surface area contributed by atoms with Gasteiger partial charge in [-0.25, -0.2) is 4.98 Å². The Morgan fingerprint density at radius 1 is 1.29 bits per heavy atom. The summed E-state index contributed by atoms with van der Waals surface area (Å²) in [4.78, 5) is 4.69. The van der Waals surface area contributed by atoms with Gasteiger partial charge in [-0.3, -0.25) is 0 Å². The molecule has 0 unspecified atom stereocenters. The van der Waals surface area contributed by atoms with E-state index in [1.807, 2.05) is 18.2 Å². The van der Waals surface area contributed by atoms with Crippen molar-refractivity contribution >= 4 is 22.8 Å². The van der Waals surface area contributed by atoms with Crippen LogP contribution in [0.2, 0.25) is 0 Å². The lowest BCUT2D eigenvalue weighted by molar-refractivity contribution is 0.466. The number of imidazole rings is 1. The summed E-state index contributed by atoms with van der Waals surface area (Å²) in [5.41, 5.74) is 2.21. The highest BCUT2D eigenvalue weighted by Crippen LogP contribution is 2.39. The highest BCUT2D eigenvalue weighted by atomic mass is 32.2. The van der Waals surface area contributed by atoms with Crippen LogP contribution < -0.4 is 0 Å². The molecule has 0 aliphatic heterocycles. The van der Waals surface area contributed by atoms with Crippen LogP contribution in [-0.2, 0) is 12.3 Å². The van der Waals surface area contributed by atoms with Crippen LogP contribution in [0.1, 0.15) is 37.5 Å². The van der Waals surface area contributed by atoms with Crippen molar-refractivity contribution in [3.63, 3.8) is 0 Å². The molecule has 2 heterocycles. The lowest BCUT2D eigenvalue weighted by Gasteiger charge is -2.03. The molecule has 0 N–H and O–H groups in total. The number of para-hydroxylation sites is 2. The molecule has 2 aromatic heterocycles. The van der Waals surface area contributed by atoms with E-state index in [0.29, 0.717) is 17.6 Å². The van der Waals surface area contributed by atoms with Gasteiger partial charge in [0.2, 0.25) is 11.8 Å². The Kier molecular flexibility index (Phi) is 3.18. The first-order valence-corrected chi connectivity index (χ1v) is 8.24. The van der Waals surface area contributed by atoms with Crippen LogP contribution in [0.5, 0.6) is 0 Å². The van der Waals surface area contributed by atoms with E-state index in [0.717, 1.165) is 23.1 Å². The number of benzene rings is 1. The van der Waals surface area contributed by atoms with Crippen molar-refractivity contribution < 1.29 is 4.42 Å². The number of hydrogen-bond acceptors (Lipinski definition) is 5. The van der Waals surface area contributed by atoms with E-state index in [2.05, 4.69) is 32.7 Å². The summed E-state index contributed by atoms with van der Waals surface area (Å²) in [5.74, 6) is 2.67. The zero-order valence-corrected chi connectivity index (χ0v) is 12.6. The normalized spacial score (nSPS) is 14.9. The first-order valence-electron chi connectivity index (χ1n) is 7.25. The third-order valence-electron chi connectivity index (χ3n) is 3.67. The zero-order valence-electron chi connectivity index (χ0n) is 11.8. The molecule has 1 saturated carbocycles. The molecule has 5 nitrogen and oxygen atoms in total. The molecule has 1 fully saturated rings. The van der Waals surface area contributed by atoms with E-state index in [-0.39, 0.29) is 0 Å². The third kappa shape index (κ3) is 2.44. The number of aromatic nitrogens is 4. The summed E-state index contributed by atoms with van der Waals surface area (Å²) in [5, 5.41) is 9.25. The minimum atomic E-state index is 0.511. The summed E-state index contributed by atoms with van der Waals surface area (Å²) in [6.07, 6.45) is 2.36. The molecule has 0 bridgehead atoms. The van der Waals surface area contributed by atoms with Crippen molar-refractivity contribution in [1.82, 2.24) is 19.7 Å². The summed E-state index contributed by atoms with van der Waals surface area (Å²) >= 11 is 1.65. The van der Waals surface area contributed by atoms with Crippen LogP contribution >= 0.6 is 11.8 Å².